The van der Waals surface area contributed by atoms with Gasteiger partial charge in [0.25, 0.3) is 0 Å². The Labute approximate surface area is 65.2 Å². The van der Waals surface area contributed by atoms with Gasteiger partial charge in [-0.3, -0.25) is 5.09 Å². The van der Waals surface area contributed by atoms with E-state index in [2.05, 4.69) is 11.7 Å². The Morgan fingerprint density at radius 2 is 2.56 bits per heavy atom. The maximum Gasteiger partial charge on any atom is 0.219 e. The van der Waals surface area contributed by atoms with Crippen LogP contribution in [-0.2, 0) is 16.3 Å². The summed E-state index contributed by atoms with van der Waals surface area (Å²) in [5, 5.41) is 2.81. The highest BCUT2D eigenvalue weighted by Crippen LogP contribution is 2.46. The second kappa shape index (κ2) is 4.42. The molecule has 0 bridgehead atoms. The number of hydrogen-bond donors (Lipinski definition) is 1. The van der Waals surface area contributed by atoms with Crippen molar-refractivity contribution in [3.8, 4) is 0 Å². The lowest BCUT2D eigenvalue weighted by molar-refractivity contribution is 0.462. The zero-order valence-corrected chi connectivity index (χ0v) is 7.60. The minimum atomic E-state index is -2.21. The predicted molar refractivity (Wildman–Crippen MR) is 45.3 cm³/mol. The molecule has 0 aliphatic rings. The largest absolute Gasteiger partial charge is 0.330 e. The molecule has 0 rings (SSSR count). The molecule has 0 saturated heterocycles. The van der Waals surface area contributed by atoms with Gasteiger partial charge in [-0.05, 0) is 23.0 Å². The van der Waals surface area contributed by atoms with Crippen LogP contribution < -0.4 is 5.09 Å². The monoisotopic (exact) mass is 185 g/mol. The third-order valence-electron chi connectivity index (χ3n) is 0.659. The lowest BCUT2D eigenvalue weighted by Crippen LogP contribution is -2.06. The maximum absolute atomic E-state index is 5.64. The van der Waals surface area contributed by atoms with Crippen LogP contribution in [0.2, 0.25) is 0 Å². The average molecular weight is 186 g/mol. The van der Waals surface area contributed by atoms with Crippen LogP contribution in [0.1, 0.15) is 0 Å². The van der Waals surface area contributed by atoms with E-state index in [9.17, 15) is 0 Å². The molecule has 0 aromatic rings. The van der Waals surface area contributed by atoms with Gasteiger partial charge in [-0.25, -0.2) is 0 Å². The van der Waals surface area contributed by atoms with Crippen molar-refractivity contribution in [1.82, 2.24) is 5.09 Å². The van der Waals surface area contributed by atoms with Crippen LogP contribution in [0.15, 0.2) is 12.7 Å². The van der Waals surface area contributed by atoms with Crippen LogP contribution in [0.5, 0.6) is 0 Å². The van der Waals surface area contributed by atoms with Gasteiger partial charge in [0.2, 0.25) is 5.77 Å². The molecule has 0 aromatic heterocycles. The van der Waals surface area contributed by atoms with E-state index >= 15 is 0 Å². The standard InChI is InChI=1S/C4H9ClNOPS/c1-3-4-6-8(5,9)7-2/h3H,1,4H2,2H3,(H,6,9). The van der Waals surface area contributed by atoms with Crippen LogP contribution in [0.4, 0.5) is 0 Å². The molecule has 54 valence electrons. The molecule has 9 heavy (non-hydrogen) atoms. The first kappa shape index (κ1) is 9.60. The van der Waals surface area contributed by atoms with Crippen LogP contribution in [0, 0.1) is 0 Å². The zero-order chi connectivity index (χ0) is 7.33. The Bertz CT molecular complexity index is 141. The van der Waals surface area contributed by atoms with Crippen molar-refractivity contribution in [2.75, 3.05) is 13.7 Å². The predicted octanol–water partition coefficient (Wildman–Crippen LogP) is 1.87. The molecule has 0 amide bonds. The van der Waals surface area contributed by atoms with Gasteiger partial charge in [-0.15, -0.1) is 6.58 Å². The van der Waals surface area contributed by atoms with Crippen LogP contribution in [-0.4, -0.2) is 13.7 Å². The van der Waals surface area contributed by atoms with E-state index in [1.54, 1.807) is 6.08 Å². The molecule has 1 unspecified atom stereocenters. The van der Waals surface area contributed by atoms with Crippen molar-refractivity contribution in [2.45, 2.75) is 0 Å². The summed E-state index contributed by atoms with van der Waals surface area (Å²) in [5.74, 6) is -2.21. The van der Waals surface area contributed by atoms with Gasteiger partial charge >= 0.3 is 0 Å². The van der Waals surface area contributed by atoms with Crippen molar-refractivity contribution < 1.29 is 4.52 Å². The van der Waals surface area contributed by atoms with Gasteiger partial charge in [0.1, 0.15) is 0 Å². The molecule has 2 nitrogen and oxygen atoms in total. The Hall–Kier alpha value is 0.600. The normalized spacial score (nSPS) is 16.7. The van der Waals surface area contributed by atoms with Crippen LogP contribution in [0.25, 0.3) is 0 Å². The fourth-order valence-corrected chi connectivity index (χ4v) is 1.15. The fraction of sp³-hybridized carbons (Fsp3) is 0.500. The molecule has 0 fully saturated rings. The first-order valence-electron chi connectivity index (χ1n) is 2.34. The van der Waals surface area contributed by atoms with Crippen LogP contribution >= 0.6 is 17.0 Å². The van der Waals surface area contributed by atoms with E-state index in [1.807, 2.05) is 0 Å². The number of halogens is 1. The molecule has 0 radical (unpaired) electrons. The summed E-state index contributed by atoms with van der Waals surface area (Å²) in [6.45, 7) is 4.08. The van der Waals surface area contributed by atoms with Gasteiger partial charge in [0, 0.05) is 13.7 Å². The van der Waals surface area contributed by atoms with Gasteiger partial charge in [0.15, 0.2) is 0 Å². The Morgan fingerprint density at radius 3 is 2.89 bits per heavy atom. The number of hydrogen-bond acceptors (Lipinski definition) is 2. The molecule has 5 heteroatoms. The number of nitrogens with one attached hydrogen (secondary N) is 1. The molecular weight excluding hydrogens is 177 g/mol. The highest BCUT2D eigenvalue weighted by atomic mass is 35.7. The zero-order valence-electron chi connectivity index (χ0n) is 5.13. The Morgan fingerprint density at radius 1 is 2.00 bits per heavy atom. The molecule has 0 spiro atoms. The fourth-order valence-electron chi connectivity index (χ4n) is 0.238. The van der Waals surface area contributed by atoms with Crippen molar-refractivity contribution in [3.63, 3.8) is 0 Å². The summed E-state index contributed by atoms with van der Waals surface area (Å²) in [6, 6.07) is 0. The van der Waals surface area contributed by atoms with Gasteiger partial charge < -0.3 is 4.52 Å². The highest BCUT2D eigenvalue weighted by Gasteiger charge is 2.07. The third kappa shape index (κ3) is 5.07. The molecule has 0 aliphatic carbocycles. The minimum Gasteiger partial charge on any atom is -0.330 e. The van der Waals surface area contributed by atoms with Crippen molar-refractivity contribution in [3.05, 3.63) is 12.7 Å². The lowest BCUT2D eigenvalue weighted by atomic mass is 10.7. The average Bonchev–Trinajstić information content (AvgIpc) is 1.84. The van der Waals surface area contributed by atoms with E-state index in [-0.39, 0.29) is 0 Å². The topological polar surface area (TPSA) is 21.3 Å². The van der Waals surface area contributed by atoms with E-state index in [4.69, 9.17) is 27.6 Å². The lowest BCUT2D eigenvalue weighted by Gasteiger charge is -2.10. The molecule has 0 aromatic carbocycles. The highest BCUT2D eigenvalue weighted by molar-refractivity contribution is 8.23. The van der Waals surface area contributed by atoms with Gasteiger partial charge in [0.05, 0.1) is 0 Å². The maximum atomic E-state index is 5.64. The molecule has 1 atom stereocenters. The van der Waals surface area contributed by atoms with E-state index in [1.165, 1.54) is 7.11 Å². The Kier molecular flexibility index (Phi) is 4.72. The summed E-state index contributed by atoms with van der Waals surface area (Å²) in [6.07, 6.45) is 1.68. The molecule has 1 N–H and O–H groups in total. The summed E-state index contributed by atoms with van der Waals surface area (Å²) < 4.78 is 4.77. The molecule has 0 saturated carbocycles. The minimum absolute atomic E-state index is 0.592. The van der Waals surface area contributed by atoms with Gasteiger partial charge in [-0.1, -0.05) is 6.08 Å². The van der Waals surface area contributed by atoms with E-state index < -0.39 is 5.77 Å². The third-order valence-corrected chi connectivity index (χ3v) is 3.30. The Balaban J connectivity index is 3.58. The molecule has 0 aliphatic heterocycles. The quantitative estimate of drug-likeness (QED) is 0.534. The molecule has 0 heterocycles. The summed E-state index contributed by atoms with van der Waals surface area (Å²) in [4.78, 5) is 0. The summed E-state index contributed by atoms with van der Waals surface area (Å²) >= 11 is 10.4. The smallest absolute Gasteiger partial charge is 0.219 e. The number of rotatable bonds is 4. The second-order valence-electron chi connectivity index (χ2n) is 1.31. The SMILES string of the molecule is C=CCNP(=S)(Cl)OC. The van der Waals surface area contributed by atoms with Crippen molar-refractivity contribution in [2.24, 2.45) is 0 Å². The van der Waals surface area contributed by atoms with Crippen molar-refractivity contribution >= 4 is 28.8 Å². The summed E-state index contributed by atoms with van der Waals surface area (Å²) in [7, 11) is 1.49. The molecular formula is C4H9ClNOPS. The van der Waals surface area contributed by atoms with Crippen molar-refractivity contribution in [1.29, 1.82) is 0 Å². The first-order valence-corrected chi connectivity index (χ1v) is 5.96. The second-order valence-corrected chi connectivity index (χ2v) is 6.53. The van der Waals surface area contributed by atoms with Gasteiger partial charge in [-0.2, -0.15) is 0 Å². The van der Waals surface area contributed by atoms with E-state index in [0.717, 1.165) is 0 Å². The first-order chi connectivity index (χ1) is 4.12. The summed E-state index contributed by atoms with van der Waals surface area (Å²) in [5.41, 5.74) is 0. The van der Waals surface area contributed by atoms with E-state index in [0.29, 0.717) is 6.54 Å². The van der Waals surface area contributed by atoms with Crippen LogP contribution in [0.3, 0.4) is 0 Å².